The van der Waals surface area contributed by atoms with E-state index in [0.29, 0.717) is 30.5 Å². The van der Waals surface area contributed by atoms with E-state index in [1.54, 1.807) is 13.0 Å². The Balaban J connectivity index is 3.10. The summed E-state index contributed by atoms with van der Waals surface area (Å²) in [7, 11) is -5.28. The van der Waals surface area contributed by atoms with Gasteiger partial charge in [0.05, 0.1) is 4.90 Å². The van der Waals surface area contributed by atoms with Crippen molar-refractivity contribution in [2.24, 2.45) is 5.73 Å². The minimum absolute atomic E-state index is 0.494. The van der Waals surface area contributed by atoms with Gasteiger partial charge in [-0.2, -0.15) is 13.2 Å². The van der Waals surface area contributed by atoms with E-state index in [4.69, 9.17) is 5.73 Å². The van der Waals surface area contributed by atoms with Gasteiger partial charge in [0, 0.05) is 0 Å². The minimum Gasteiger partial charge on any atom is -0.330 e. The van der Waals surface area contributed by atoms with Gasteiger partial charge in [0.25, 0.3) is 9.84 Å². The van der Waals surface area contributed by atoms with Crippen molar-refractivity contribution in [3.05, 3.63) is 29.3 Å². The summed E-state index contributed by atoms with van der Waals surface area (Å²) >= 11 is 0. The zero-order valence-electron chi connectivity index (χ0n) is 10.5. The largest absolute Gasteiger partial charge is 0.501 e. The van der Waals surface area contributed by atoms with Crippen LogP contribution in [0.25, 0.3) is 0 Å². The Hall–Kier alpha value is -1.08. The van der Waals surface area contributed by atoms with Crippen molar-refractivity contribution in [1.29, 1.82) is 0 Å². The number of rotatable bonds is 5. The van der Waals surface area contributed by atoms with Crippen LogP contribution in [-0.2, 0) is 16.3 Å². The minimum atomic E-state index is -5.28. The number of hydrogen-bond donors (Lipinski definition) is 1. The molecule has 2 N–H and O–H groups in total. The highest BCUT2D eigenvalue weighted by Gasteiger charge is 2.46. The van der Waals surface area contributed by atoms with Crippen LogP contribution in [0.5, 0.6) is 0 Å². The lowest BCUT2D eigenvalue weighted by Crippen LogP contribution is -2.23. The van der Waals surface area contributed by atoms with Crippen LogP contribution in [0, 0.1) is 6.92 Å². The first-order chi connectivity index (χ1) is 8.68. The molecular formula is C12H16F3NO2S. The van der Waals surface area contributed by atoms with Crippen molar-refractivity contribution < 1.29 is 21.6 Å². The molecule has 19 heavy (non-hydrogen) atoms. The van der Waals surface area contributed by atoms with Gasteiger partial charge in [0.2, 0.25) is 0 Å². The summed E-state index contributed by atoms with van der Waals surface area (Å²) in [5.74, 6) is 0. The van der Waals surface area contributed by atoms with Crippen molar-refractivity contribution in [2.45, 2.75) is 36.6 Å². The molecule has 0 aliphatic heterocycles. The zero-order chi connectivity index (χ0) is 14.7. The number of halogens is 3. The number of alkyl halides is 3. The third-order valence-electron chi connectivity index (χ3n) is 2.65. The van der Waals surface area contributed by atoms with Gasteiger partial charge in [0.1, 0.15) is 0 Å². The normalized spacial score (nSPS) is 12.7. The maximum absolute atomic E-state index is 12.5. The maximum Gasteiger partial charge on any atom is 0.501 e. The molecule has 0 atom stereocenters. The second kappa shape index (κ2) is 5.92. The highest BCUT2D eigenvalue weighted by molar-refractivity contribution is 7.92. The topological polar surface area (TPSA) is 60.2 Å². The monoisotopic (exact) mass is 295 g/mol. The van der Waals surface area contributed by atoms with E-state index < -0.39 is 20.2 Å². The van der Waals surface area contributed by atoms with Crippen molar-refractivity contribution >= 4 is 9.84 Å². The Labute approximate surface area is 110 Å². The molecule has 1 aromatic rings. The molecule has 108 valence electrons. The van der Waals surface area contributed by atoms with Crippen LogP contribution >= 0.6 is 0 Å². The van der Waals surface area contributed by atoms with Crippen LogP contribution < -0.4 is 5.73 Å². The van der Waals surface area contributed by atoms with Crippen molar-refractivity contribution in [3.63, 3.8) is 0 Å². The molecule has 0 aromatic heterocycles. The molecule has 7 heteroatoms. The average Bonchev–Trinajstić information content (AvgIpc) is 2.27. The lowest BCUT2D eigenvalue weighted by atomic mass is 10.1. The summed E-state index contributed by atoms with van der Waals surface area (Å²) in [4.78, 5) is -0.692. The van der Waals surface area contributed by atoms with Crippen molar-refractivity contribution in [1.82, 2.24) is 0 Å². The molecule has 0 unspecified atom stereocenters. The first-order valence-electron chi connectivity index (χ1n) is 5.80. The fourth-order valence-electron chi connectivity index (χ4n) is 1.73. The predicted molar refractivity (Wildman–Crippen MR) is 66.4 cm³/mol. The third kappa shape index (κ3) is 3.94. The molecule has 1 aromatic carbocycles. The Morgan fingerprint density at radius 2 is 1.79 bits per heavy atom. The summed E-state index contributed by atoms with van der Waals surface area (Å²) in [6.45, 7) is 2.07. The third-order valence-corrected chi connectivity index (χ3v) is 4.11. The van der Waals surface area contributed by atoms with Crippen LogP contribution in [0.2, 0.25) is 0 Å². The molecule has 0 spiro atoms. The fourth-order valence-corrected chi connectivity index (χ4v) is 2.65. The van der Waals surface area contributed by atoms with Gasteiger partial charge in [0.15, 0.2) is 0 Å². The summed E-state index contributed by atoms with van der Waals surface area (Å²) in [5.41, 5.74) is 1.14. The van der Waals surface area contributed by atoms with Crippen molar-refractivity contribution in [3.8, 4) is 0 Å². The Morgan fingerprint density at radius 3 is 2.32 bits per heavy atom. The van der Waals surface area contributed by atoms with Crippen LogP contribution in [-0.4, -0.2) is 20.5 Å². The van der Waals surface area contributed by atoms with Gasteiger partial charge < -0.3 is 5.73 Å². The second-order valence-corrected chi connectivity index (χ2v) is 6.29. The van der Waals surface area contributed by atoms with Crippen molar-refractivity contribution in [2.75, 3.05) is 6.54 Å². The standard InChI is InChI=1S/C12H16F3NO2S/c1-9-6-10(4-2-3-5-16)8-11(7-9)19(17,18)12(13,14)15/h6-8H,2-5,16H2,1H3. The first-order valence-corrected chi connectivity index (χ1v) is 7.29. The van der Waals surface area contributed by atoms with Gasteiger partial charge >= 0.3 is 5.51 Å². The van der Waals surface area contributed by atoms with Crippen LogP contribution in [0.4, 0.5) is 13.2 Å². The van der Waals surface area contributed by atoms with E-state index >= 15 is 0 Å². The molecule has 0 saturated carbocycles. The summed E-state index contributed by atoms with van der Waals surface area (Å²) in [5, 5.41) is 0. The highest BCUT2D eigenvalue weighted by atomic mass is 32.2. The van der Waals surface area contributed by atoms with Crippen LogP contribution in [0.1, 0.15) is 24.0 Å². The Morgan fingerprint density at radius 1 is 1.16 bits per heavy atom. The Bertz CT molecular complexity index is 538. The molecule has 0 amide bonds. The van der Waals surface area contributed by atoms with E-state index in [9.17, 15) is 21.6 Å². The molecule has 0 fully saturated rings. The molecule has 0 saturated heterocycles. The fraction of sp³-hybridized carbons (Fsp3) is 0.500. The molecule has 0 radical (unpaired) electrons. The van der Waals surface area contributed by atoms with Gasteiger partial charge in [-0.1, -0.05) is 6.07 Å². The molecule has 0 heterocycles. The smallest absolute Gasteiger partial charge is 0.330 e. The Kier molecular flexibility index (Phi) is 4.98. The lowest BCUT2D eigenvalue weighted by Gasteiger charge is -2.11. The van der Waals surface area contributed by atoms with Crippen LogP contribution in [0.15, 0.2) is 23.1 Å². The van der Waals surface area contributed by atoms with E-state index in [0.717, 1.165) is 18.6 Å². The lowest BCUT2D eigenvalue weighted by molar-refractivity contribution is -0.0436. The molecule has 0 aliphatic rings. The predicted octanol–water partition coefficient (Wildman–Crippen LogP) is 2.57. The van der Waals surface area contributed by atoms with Crippen LogP contribution in [0.3, 0.4) is 0 Å². The van der Waals surface area contributed by atoms with E-state index in [1.165, 1.54) is 0 Å². The first kappa shape index (κ1) is 16.0. The molecule has 3 nitrogen and oxygen atoms in total. The SMILES string of the molecule is Cc1cc(CCCCN)cc(S(=O)(=O)C(F)(F)F)c1. The number of hydrogen-bond acceptors (Lipinski definition) is 3. The van der Waals surface area contributed by atoms with Gasteiger partial charge in [-0.05, 0) is 56.0 Å². The van der Waals surface area contributed by atoms with Gasteiger partial charge in [-0.15, -0.1) is 0 Å². The van der Waals surface area contributed by atoms with Gasteiger partial charge in [-0.3, -0.25) is 0 Å². The highest BCUT2D eigenvalue weighted by Crippen LogP contribution is 2.31. The zero-order valence-corrected chi connectivity index (χ0v) is 11.3. The van der Waals surface area contributed by atoms with E-state index in [-0.39, 0.29) is 0 Å². The second-order valence-electron chi connectivity index (χ2n) is 4.35. The van der Waals surface area contributed by atoms with E-state index in [1.807, 2.05) is 0 Å². The maximum atomic E-state index is 12.5. The number of unbranched alkanes of at least 4 members (excludes halogenated alkanes) is 1. The molecule has 0 bridgehead atoms. The van der Waals surface area contributed by atoms with Gasteiger partial charge in [-0.25, -0.2) is 8.42 Å². The molecule has 0 aliphatic carbocycles. The molecule has 1 rings (SSSR count). The number of nitrogens with two attached hydrogens (primary N) is 1. The summed E-state index contributed by atoms with van der Waals surface area (Å²) in [6, 6.07) is 3.81. The quantitative estimate of drug-likeness (QED) is 0.849. The summed E-state index contributed by atoms with van der Waals surface area (Å²) in [6.07, 6.45) is 1.97. The number of aryl methyl sites for hydroxylation is 2. The molecular weight excluding hydrogens is 279 g/mol. The van der Waals surface area contributed by atoms with E-state index in [2.05, 4.69) is 0 Å². The number of benzene rings is 1. The summed E-state index contributed by atoms with van der Waals surface area (Å²) < 4.78 is 60.1. The average molecular weight is 295 g/mol. The number of sulfone groups is 1.